The average molecular weight is 308 g/mol. The molecule has 0 radical (unpaired) electrons. The van der Waals surface area contributed by atoms with Crippen molar-refractivity contribution in [3.63, 3.8) is 0 Å². The highest BCUT2D eigenvalue weighted by atomic mass is 32.2. The molecule has 0 aliphatic rings. The van der Waals surface area contributed by atoms with Gasteiger partial charge in [0.25, 0.3) is 0 Å². The summed E-state index contributed by atoms with van der Waals surface area (Å²) in [6.45, 7) is 1.92. The normalized spacial score (nSPS) is 11.5. The molecule has 0 unspecified atom stereocenters. The summed E-state index contributed by atoms with van der Waals surface area (Å²) in [4.78, 5) is 0.115. The second-order valence-corrected chi connectivity index (χ2v) is 6.47. The molecular formula is C15H17FN2O2S. The summed E-state index contributed by atoms with van der Waals surface area (Å²) in [6.07, 6.45) is 0.477. The number of rotatable bonds is 5. The van der Waals surface area contributed by atoms with Gasteiger partial charge in [-0.15, -0.1) is 0 Å². The van der Waals surface area contributed by atoms with Gasteiger partial charge in [-0.25, -0.2) is 17.5 Å². The lowest BCUT2D eigenvalue weighted by atomic mass is 10.1. The Bertz CT molecular complexity index is 708. The van der Waals surface area contributed by atoms with Crippen LogP contribution in [0.5, 0.6) is 0 Å². The van der Waals surface area contributed by atoms with Gasteiger partial charge in [-0.2, -0.15) is 0 Å². The van der Waals surface area contributed by atoms with Gasteiger partial charge in [0, 0.05) is 6.54 Å². The number of nitrogens with one attached hydrogen (secondary N) is 1. The van der Waals surface area contributed by atoms with Crippen molar-refractivity contribution in [2.45, 2.75) is 18.2 Å². The van der Waals surface area contributed by atoms with Gasteiger partial charge in [0.2, 0.25) is 10.0 Å². The Balaban J connectivity index is 2.07. The number of hydrogen-bond acceptors (Lipinski definition) is 3. The number of anilines is 1. The van der Waals surface area contributed by atoms with Crippen LogP contribution in [0.15, 0.2) is 47.4 Å². The highest BCUT2D eigenvalue weighted by Gasteiger charge is 2.19. The van der Waals surface area contributed by atoms with E-state index in [0.29, 0.717) is 12.0 Å². The van der Waals surface area contributed by atoms with E-state index in [9.17, 15) is 12.8 Å². The highest BCUT2D eigenvalue weighted by Crippen LogP contribution is 2.21. The number of aryl methyl sites for hydroxylation is 1. The molecule has 2 rings (SSSR count). The van der Waals surface area contributed by atoms with E-state index in [1.54, 1.807) is 37.3 Å². The summed E-state index contributed by atoms with van der Waals surface area (Å²) in [5.41, 5.74) is 7.43. The van der Waals surface area contributed by atoms with Crippen molar-refractivity contribution in [3.05, 3.63) is 59.4 Å². The molecule has 0 fully saturated rings. The van der Waals surface area contributed by atoms with E-state index in [4.69, 9.17) is 5.73 Å². The fourth-order valence-corrected chi connectivity index (χ4v) is 3.48. The van der Waals surface area contributed by atoms with Crippen LogP contribution in [0.2, 0.25) is 0 Å². The standard InChI is InChI=1S/C15H17FN2O2S/c1-11-3-2-4-14(17)15(11)21(19,20)18-10-9-12-5-7-13(16)8-6-12/h2-8,18H,9-10,17H2,1H3. The number of halogens is 1. The number of nitrogens with two attached hydrogens (primary N) is 1. The molecule has 0 heterocycles. The smallest absolute Gasteiger partial charge is 0.242 e. The predicted molar refractivity (Wildman–Crippen MR) is 80.9 cm³/mol. The summed E-state index contributed by atoms with van der Waals surface area (Å²) < 4.78 is 39.8. The molecule has 0 bridgehead atoms. The van der Waals surface area contributed by atoms with E-state index in [0.717, 1.165) is 5.56 Å². The topological polar surface area (TPSA) is 72.2 Å². The van der Waals surface area contributed by atoms with Crippen LogP contribution in [0.1, 0.15) is 11.1 Å². The first kappa shape index (κ1) is 15.5. The first-order chi connectivity index (χ1) is 9.90. The Morgan fingerprint density at radius 3 is 2.43 bits per heavy atom. The van der Waals surface area contributed by atoms with Crippen LogP contribution in [0.4, 0.5) is 10.1 Å². The molecule has 0 amide bonds. The summed E-state index contributed by atoms with van der Waals surface area (Å²) in [7, 11) is -3.65. The van der Waals surface area contributed by atoms with Crippen LogP contribution in [-0.2, 0) is 16.4 Å². The number of nitrogen functional groups attached to an aromatic ring is 1. The molecule has 0 atom stereocenters. The molecule has 6 heteroatoms. The summed E-state index contributed by atoms with van der Waals surface area (Å²) >= 11 is 0. The largest absolute Gasteiger partial charge is 0.398 e. The predicted octanol–water partition coefficient (Wildman–Crippen LogP) is 2.24. The van der Waals surface area contributed by atoms with E-state index in [-0.39, 0.29) is 22.9 Å². The fourth-order valence-electron chi connectivity index (χ4n) is 2.10. The molecule has 112 valence electrons. The summed E-state index contributed by atoms with van der Waals surface area (Å²) in [5.74, 6) is -0.313. The van der Waals surface area contributed by atoms with Crippen LogP contribution in [-0.4, -0.2) is 15.0 Å². The maximum atomic E-state index is 12.8. The quantitative estimate of drug-likeness (QED) is 0.832. The van der Waals surface area contributed by atoms with Gasteiger partial charge >= 0.3 is 0 Å². The monoisotopic (exact) mass is 308 g/mol. The first-order valence-corrected chi connectivity index (χ1v) is 7.97. The molecule has 2 aromatic carbocycles. The zero-order valence-electron chi connectivity index (χ0n) is 11.6. The Morgan fingerprint density at radius 2 is 1.81 bits per heavy atom. The Hall–Kier alpha value is -1.92. The van der Waals surface area contributed by atoms with Crippen molar-refractivity contribution >= 4 is 15.7 Å². The van der Waals surface area contributed by atoms with Gasteiger partial charge in [0.15, 0.2) is 0 Å². The van der Waals surface area contributed by atoms with E-state index in [2.05, 4.69) is 4.72 Å². The maximum absolute atomic E-state index is 12.8. The lowest BCUT2D eigenvalue weighted by molar-refractivity contribution is 0.581. The Morgan fingerprint density at radius 1 is 1.14 bits per heavy atom. The van der Waals surface area contributed by atoms with Crippen molar-refractivity contribution in [1.82, 2.24) is 4.72 Å². The van der Waals surface area contributed by atoms with Crippen LogP contribution in [0.25, 0.3) is 0 Å². The first-order valence-electron chi connectivity index (χ1n) is 6.49. The van der Waals surface area contributed by atoms with Crippen LogP contribution < -0.4 is 10.5 Å². The third-order valence-electron chi connectivity index (χ3n) is 3.13. The van der Waals surface area contributed by atoms with E-state index < -0.39 is 10.0 Å². The molecule has 0 aromatic heterocycles. The molecule has 0 saturated carbocycles. The van der Waals surface area contributed by atoms with Crippen LogP contribution in [0.3, 0.4) is 0 Å². The van der Waals surface area contributed by atoms with E-state index in [1.807, 2.05) is 0 Å². The molecule has 4 nitrogen and oxygen atoms in total. The molecule has 0 aliphatic heterocycles. The zero-order chi connectivity index (χ0) is 15.5. The summed E-state index contributed by atoms with van der Waals surface area (Å²) in [5, 5.41) is 0. The van der Waals surface area contributed by atoms with Crippen LogP contribution in [0, 0.1) is 12.7 Å². The van der Waals surface area contributed by atoms with Crippen molar-refractivity contribution in [1.29, 1.82) is 0 Å². The number of sulfonamides is 1. The highest BCUT2D eigenvalue weighted by molar-refractivity contribution is 7.89. The minimum atomic E-state index is -3.65. The SMILES string of the molecule is Cc1cccc(N)c1S(=O)(=O)NCCc1ccc(F)cc1. The molecule has 21 heavy (non-hydrogen) atoms. The van der Waals surface area contributed by atoms with Crippen molar-refractivity contribution in [2.24, 2.45) is 0 Å². The maximum Gasteiger partial charge on any atom is 0.242 e. The zero-order valence-corrected chi connectivity index (χ0v) is 12.5. The van der Waals surface area contributed by atoms with Gasteiger partial charge < -0.3 is 5.73 Å². The molecule has 0 saturated heterocycles. The lowest BCUT2D eigenvalue weighted by Gasteiger charge is -2.11. The fraction of sp³-hybridized carbons (Fsp3) is 0.200. The molecule has 0 aliphatic carbocycles. The third kappa shape index (κ3) is 3.80. The second kappa shape index (κ2) is 6.24. The van der Waals surface area contributed by atoms with Crippen LogP contribution >= 0.6 is 0 Å². The molecule has 3 N–H and O–H groups in total. The second-order valence-electron chi connectivity index (χ2n) is 4.77. The summed E-state index contributed by atoms with van der Waals surface area (Å²) in [6, 6.07) is 10.9. The van der Waals surface area contributed by atoms with Gasteiger partial charge in [-0.05, 0) is 42.7 Å². The van der Waals surface area contributed by atoms with E-state index in [1.165, 1.54) is 12.1 Å². The van der Waals surface area contributed by atoms with Crippen molar-refractivity contribution in [2.75, 3.05) is 12.3 Å². The third-order valence-corrected chi connectivity index (χ3v) is 4.81. The Labute approximate surface area is 123 Å². The lowest BCUT2D eigenvalue weighted by Crippen LogP contribution is -2.27. The molecular weight excluding hydrogens is 291 g/mol. The van der Waals surface area contributed by atoms with Gasteiger partial charge in [0.05, 0.1) is 5.69 Å². The van der Waals surface area contributed by atoms with E-state index >= 15 is 0 Å². The minimum Gasteiger partial charge on any atom is -0.398 e. The molecule has 2 aromatic rings. The van der Waals surface area contributed by atoms with Gasteiger partial charge in [-0.1, -0.05) is 24.3 Å². The van der Waals surface area contributed by atoms with Gasteiger partial charge in [0.1, 0.15) is 10.7 Å². The molecule has 0 spiro atoms. The minimum absolute atomic E-state index is 0.115. The van der Waals surface area contributed by atoms with Gasteiger partial charge in [-0.3, -0.25) is 0 Å². The van der Waals surface area contributed by atoms with Crippen molar-refractivity contribution < 1.29 is 12.8 Å². The Kier molecular flexibility index (Phi) is 4.59. The number of hydrogen-bond donors (Lipinski definition) is 2. The average Bonchev–Trinajstić information content (AvgIpc) is 2.40. The number of benzene rings is 2. The van der Waals surface area contributed by atoms with Crippen molar-refractivity contribution in [3.8, 4) is 0 Å².